The molecule has 3 aliphatic rings. The zero-order valence-corrected chi connectivity index (χ0v) is 12.1. The maximum atomic E-state index is 12.3. The first-order chi connectivity index (χ1) is 9.67. The standard InChI is InChI=1S/C15H26N2O3/c18-13-4-3-8-17(11-13)14(19)16-12-5-9-20-15(10-12)6-1-2-7-15/h12-13,18H,1-11H2,(H,16,19)/t12-,13-/m0/s1. The van der Waals surface area contributed by atoms with E-state index in [2.05, 4.69) is 5.32 Å². The molecule has 0 unspecified atom stereocenters. The normalized spacial score (nSPS) is 33.4. The monoisotopic (exact) mass is 282 g/mol. The Hall–Kier alpha value is -0.810. The summed E-state index contributed by atoms with van der Waals surface area (Å²) in [6, 6.07) is 0.220. The molecule has 0 aromatic heterocycles. The lowest BCUT2D eigenvalue weighted by Crippen LogP contribution is -2.53. The van der Waals surface area contributed by atoms with Crippen molar-refractivity contribution >= 4 is 6.03 Å². The van der Waals surface area contributed by atoms with E-state index in [4.69, 9.17) is 4.74 Å². The minimum atomic E-state index is -0.356. The number of carbonyl (C=O) groups is 1. The third-order valence-corrected chi connectivity index (χ3v) is 5.02. The highest BCUT2D eigenvalue weighted by molar-refractivity contribution is 5.74. The minimum absolute atomic E-state index is 0.0104. The van der Waals surface area contributed by atoms with Gasteiger partial charge in [0, 0.05) is 25.7 Å². The van der Waals surface area contributed by atoms with Crippen molar-refractivity contribution in [3.8, 4) is 0 Å². The van der Waals surface area contributed by atoms with E-state index < -0.39 is 0 Å². The summed E-state index contributed by atoms with van der Waals surface area (Å²) >= 11 is 0. The van der Waals surface area contributed by atoms with E-state index in [-0.39, 0.29) is 23.8 Å². The molecule has 3 fully saturated rings. The van der Waals surface area contributed by atoms with Crippen LogP contribution in [0.2, 0.25) is 0 Å². The van der Waals surface area contributed by atoms with Crippen LogP contribution >= 0.6 is 0 Å². The number of β-amino-alcohol motifs (C(OH)–C–C–N with tert-alkyl or cyclic N) is 1. The molecule has 1 spiro atoms. The topological polar surface area (TPSA) is 61.8 Å². The summed E-state index contributed by atoms with van der Waals surface area (Å²) in [5.41, 5.74) is 0.0393. The molecule has 2 aliphatic heterocycles. The minimum Gasteiger partial charge on any atom is -0.391 e. The molecule has 1 aliphatic carbocycles. The number of hydrogen-bond donors (Lipinski definition) is 2. The molecule has 0 bridgehead atoms. The lowest BCUT2D eigenvalue weighted by molar-refractivity contribution is -0.0825. The first-order valence-electron chi connectivity index (χ1n) is 8.04. The van der Waals surface area contributed by atoms with Crippen LogP contribution in [0.3, 0.4) is 0 Å². The lowest BCUT2D eigenvalue weighted by atomic mass is 9.89. The molecule has 114 valence electrons. The summed E-state index contributed by atoms with van der Waals surface area (Å²) in [5.74, 6) is 0. The number of nitrogens with zero attached hydrogens (tertiary/aromatic N) is 1. The van der Waals surface area contributed by atoms with Crippen LogP contribution in [0.4, 0.5) is 4.79 Å². The highest BCUT2D eigenvalue weighted by Crippen LogP contribution is 2.39. The van der Waals surface area contributed by atoms with Crippen molar-refractivity contribution in [2.45, 2.75) is 69.1 Å². The molecule has 20 heavy (non-hydrogen) atoms. The first-order valence-corrected chi connectivity index (χ1v) is 8.04. The Kier molecular flexibility index (Phi) is 4.17. The van der Waals surface area contributed by atoms with Crippen molar-refractivity contribution < 1.29 is 14.6 Å². The Bertz CT molecular complexity index is 355. The second kappa shape index (κ2) is 5.90. The van der Waals surface area contributed by atoms with Gasteiger partial charge in [-0.05, 0) is 38.5 Å². The number of urea groups is 1. The average molecular weight is 282 g/mol. The number of ether oxygens (including phenoxy) is 1. The van der Waals surface area contributed by atoms with Crippen LogP contribution in [0, 0.1) is 0 Å². The van der Waals surface area contributed by atoms with E-state index in [1.54, 1.807) is 4.90 Å². The summed E-state index contributed by atoms with van der Waals surface area (Å²) in [7, 11) is 0. The molecule has 5 nitrogen and oxygen atoms in total. The average Bonchev–Trinajstić information content (AvgIpc) is 2.87. The van der Waals surface area contributed by atoms with E-state index in [0.717, 1.165) is 51.7 Å². The Morgan fingerprint density at radius 2 is 2.05 bits per heavy atom. The number of likely N-dealkylation sites (tertiary alicyclic amines) is 1. The zero-order chi connectivity index (χ0) is 14.0. The van der Waals surface area contributed by atoms with Gasteiger partial charge in [0.1, 0.15) is 0 Å². The number of aliphatic hydroxyl groups is 1. The fourth-order valence-electron chi connectivity index (χ4n) is 3.92. The number of nitrogens with one attached hydrogen (secondary N) is 1. The van der Waals surface area contributed by atoms with Gasteiger partial charge in [0.2, 0.25) is 0 Å². The number of hydrogen-bond acceptors (Lipinski definition) is 3. The van der Waals surface area contributed by atoms with Gasteiger partial charge >= 0.3 is 6.03 Å². The van der Waals surface area contributed by atoms with Crippen LogP contribution in [0.25, 0.3) is 0 Å². The number of rotatable bonds is 1. The molecule has 5 heteroatoms. The van der Waals surface area contributed by atoms with Gasteiger partial charge in [0.15, 0.2) is 0 Å². The van der Waals surface area contributed by atoms with Crippen molar-refractivity contribution in [3.63, 3.8) is 0 Å². The van der Waals surface area contributed by atoms with Crippen LogP contribution in [0.1, 0.15) is 51.4 Å². The Balaban J connectivity index is 1.53. The van der Waals surface area contributed by atoms with Gasteiger partial charge in [-0.3, -0.25) is 0 Å². The highest BCUT2D eigenvalue weighted by atomic mass is 16.5. The molecule has 2 amide bonds. The van der Waals surface area contributed by atoms with Crippen molar-refractivity contribution in [1.82, 2.24) is 10.2 Å². The smallest absolute Gasteiger partial charge is 0.317 e. The summed E-state index contributed by atoms with van der Waals surface area (Å²) in [6.07, 6.45) is 7.99. The van der Waals surface area contributed by atoms with E-state index >= 15 is 0 Å². The molecule has 2 saturated heterocycles. The maximum absolute atomic E-state index is 12.3. The predicted molar refractivity (Wildman–Crippen MR) is 75.5 cm³/mol. The molecule has 1 saturated carbocycles. The zero-order valence-electron chi connectivity index (χ0n) is 12.1. The molecular weight excluding hydrogens is 256 g/mol. The van der Waals surface area contributed by atoms with Crippen LogP contribution < -0.4 is 5.32 Å². The molecule has 3 rings (SSSR count). The van der Waals surface area contributed by atoms with Crippen LogP contribution in [0.15, 0.2) is 0 Å². The van der Waals surface area contributed by atoms with Gasteiger partial charge in [-0.15, -0.1) is 0 Å². The third-order valence-electron chi connectivity index (χ3n) is 5.02. The molecule has 0 aromatic carbocycles. The van der Waals surface area contributed by atoms with Crippen molar-refractivity contribution in [2.75, 3.05) is 19.7 Å². The predicted octanol–water partition coefficient (Wildman–Crippen LogP) is 1.64. The van der Waals surface area contributed by atoms with E-state index in [1.807, 2.05) is 0 Å². The van der Waals surface area contributed by atoms with Crippen LogP contribution in [-0.2, 0) is 4.74 Å². The van der Waals surface area contributed by atoms with Gasteiger partial charge < -0.3 is 20.1 Å². The van der Waals surface area contributed by atoms with Gasteiger partial charge in [-0.2, -0.15) is 0 Å². The summed E-state index contributed by atoms with van der Waals surface area (Å²) in [4.78, 5) is 14.0. The summed E-state index contributed by atoms with van der Waals surface area (Å²) in [6.45, 7) is 1.99. The molecule has 2 heterocycles. The van der Waals surface area contributed by atoms with Gasteiger partial charge in [-0.1, -0.05) is 12.8 Å². The van der Waals surface area contributed by atoms with Crippen molar-refractivity contribution in [1.29, 1.82) is 0 Å². The number of piperidine rings is 1. The van der Waals surface area contributed by atoms with E-state index in [1.165, 1.54) is 12.8 Å². The van der Waals surface area contributed by atoms with Crippen molar-refractivity contribution in [2.24, 2.45) is 0 Å². The first kappa shape index (κ1) is 14.1. The summed E-state index contributed by atoms with van der Waals surface area (Å²) < 4.78 is 6.00. The Morgan fingerprint density at radius 3 is 2.80 bits per heavy atom. The molecule has 0 radical (unpaired) electrons. The van der Waals surface area contributed by atoms with Crippen LogP contribution in [-0.4, -0.2) is 53.5 Å². The van der Waals surface area contributed by atoms with Crippen LogP contribution in [0.5, 0.6) is 0 Å². The van der Waals surface area contributed by atoms with E-state index in [9.17, 15) is 9.90 Å². The Labute approximate surface area is 120 Å². The fourth-order valence-corrected chi connectivity index (χ4v) is 3.92. The van der Waals surface area contributed by atoms with E-state index in [0.29, 0.717) is 6.54 Å². The second-order valence-corrected chi connectivity index (χ2v) is 6.62. The van der Waals surface area contributed by atoms with Gasteiger partial charge in [0.05, 0.1) is 11.7 Å². The molecule has 2 N–H and O–H groups in total. The number of carbonyl (C=O) groups excluding carboxylic acids is 1. The molecular formula is C15H26N2O3. The fraction of sp³-hybridized carbons (Fsp3) is 0.933. The SMILES string of the molecule is O=C(N[C@H]1CCOC2(CCCC2)C1)N1CCC[C@H](O)C1. The maximum Gasteiger partial charge on any atom is 0.317 e. The lowest BCUT2D eigenvalue weighted by Gasteiger charge is -2.39. The highest BCUT2D eigenvalue weighted by Gasteiger charge is 2.40. The molecule has 0 aromatic rings. The van der Waals surface area contributed by atoms with Gasteiger partial charge in [0.25, 0.3) is 0 Å². The number of aliphatic hydroxyl groups excluding tert-OH is 1. The second-order valence-electron chi connectivity index (χ2n) is 6.62. The Morgan fingerprint density at radius 1 is 1.25 bits per heavy atom. The number of amides is 2. The largest absolute Gasteiger partial charge is 0.391 e. The molecule has 2 atom stereocenters. The summed E-state index contributed by atoms with van der Waals surface area (Å²) in [5, 5.41) is 12.8. The quantitative estimate of drug-likeness (QED) is 0.768. The van der Waals surface area contributed by atoms with Gasteiger partial charge in [-0.25, -0.2) is 4.79 Å². The third kappa shape index (κ3) is 3.09. The van der Waals surface area contributed by atoms with Crippen molar-refractivity contribution in [3.05, 3.63) is 0 Å².